The van der Waals surface area contributed by atoms with Crippen LogP contribution >= 0.6 is 0 Å². The van der Waals surface area contributed by atoms with Crippen LogP contribution in [0.15, 0.2) is 133 Å². The SMILES string of the molecule is N#Cc1ccc2c(c1)c1c(n2-c2ccccc2-c2cccc(-c3ccc(C#N)c(-n4c5ccccc5c5cc(C#N)ccc54)c3)c2)C=CCC1. The highest BCUT2D eigenvalue weighted by atomic mass is 15.0. The first kappa shape index (κ1) is 29.0. The van der Waals surface area contributed by atoms with Gasteiger partial charge in [-0.3, -0.25) is 0 Å². The van der Waals surface area contributed by atoms with Crippen LogP contribution in [0.3, 0.4) is 0 Å². The molecule has 0 saturated carbocycles. The van der Waals surface area contributed by atoms with E-state index < -0.39 is 0 Å². The molecule has 9 rings (SSSR count). The number of aromatic nitrogens is 2. The average molecular weight is 638 g/mol. The van der Waals surface area contributed by atoms with Crippen molar-refractivity contribution in [1.29, 1.82) is 15.8 Å². The number of hydrogen-bond donors (Lipinski definition) is 0. The van der Waals surface area contributed by atoms with Gasteiger partial charge in [-0.2, -0.15) is 15.8 Å². The lowest BCUT2D eigenvalue weighted by Gasteiger charge is -2.17. The molecule has 50 heavy (non-hydrogen) atoms. The average Bonchev–Trinajstić information content (AvgIpc) is 3.69. The molecule has 0 fully saturated rings. The summed E-state index contributed by atoms with van der Waals surface area (Å²) in [7, 11) is 0. The van der Waals surface area contributed by atoms with Crippen LogP contribution in [0.5, 0.6) is 0 Å². The van der Waals surface area contributed by atoms with Crippen molar-refractivity contribution in [2.75, 3.05) is 0 Å². The van der Waals surface area contributed by atoms with E-state index in [1.54, 1.807) is 0 Å². The molecule has 0 spiro atoms. The number of hydrogen-bond acceptors (Lipinski definition) is 3. The van der Waals surface area contributed by atoms with Crippen LogP contribution in [-0.4, -0.2) is 9.13 Å². The Labute approximate surface area is 289 Å². The zero-order valence-corrected chi connectivity index (χ0v) is 26.9. The van der Waals surface area contributed by atoms with E-state index in [1.807, 2.05) is 54.6 Å². The molecule has 232 valence electrons. The fourth-order valence-corrected chi connectivity index (χ4v) is 7.64. The van der Waals surface area contributed by atoms with Gasteiger partial charge in [0.1, 0.15) is 6.07 Å². The molecular formula is C45H27N5. The minimum absolute atomic E-state index is 0.569. The predicted molar refractivity (Wildman–Crippen MR) is 200 cm³/mol. The Morgan fingerprint density at radius 3 is 2.02 bits per heavy atom. The van der Waals surface area contributed by atoms with E-state index in [4.69, 9.17) is 0 Å². The Balaban J connectivity index is 1.21. The standard InChI is InChI=1S/C45H27N5/c46-26-29-16-20-43-38(22-29)36-11-2-5-14-41(36)49(43)40-13-4-1-10-35(40)33-9-7-8-31(24-33)32-18-19-34(28-48)45(25-32)50-42-15-6-3-12-37(42)39-23-30(27-47)17-21-44(39)50/h1,3-10,12-25H,2,11H2. The largest absolute Gasteiger partial charge is 0.309 e. The van der Waals surface area contributed by atoms with E-state index in [2.05, 4.69) is 112 Å². The summed E-state index contributed by atoms with van der Waals surface area (Å²) in [6.07, 6.45) is 6.36. The van der Waals surface area contributed by atoms with Crippen LogP contribution in [0.25, 0.3) is 72.4 Å². The molecule has 0 radical (unpaired) electrons. The lowest BCUT2D eigenvalue weighted by atomic mass is 9.96. The van der Waals surface area contributed by atoms with Crippen molar-refractivity contribution < 1.29 is 0 Å². The Hall–Kier alpha value is -7.13. The van der Waals surface area contributed by atoms with Gasteiger partial charge in [0.25, 0.3) is 0 Å². The first-order chi connectivity index (χ1) is 24.7. The highest BCUT2D eigenvalue weighted by Gasteiger charge is 2.21. The summed E-state index contributed by atoms with van der Waals surface area (Å²) in [6.45, 7) is 0. The van der Waals surface area contributed by atoms with Crippen molar-refractivity contribution in [2.24, 2.45) is 0 Å². The van der Waals surface area contributed by atoms with Crippen molar-refractivity contribution in [3.05, 3.63) is 161 Å². The fourth-order valence-electron chi connectivity index (χ4n) is 7.64. The Bertz CT molecular complexity index is 2860. The third-order valence-corrected chi connectivity index (χ3v) is 9.89. The third-order valence-electron chi connectivity index (χ3n) is 9.89. The summed E-state index contributed by atoms with van der Waals surface area (Å²) in [6, 6.07) is 49.9. The molecule has 2 heterocycles. The van der Waals surface area contributed by atoms with Crippen LogP contribution in [0.2, 0.25) is 0 Å². The summed E-state index contributed by atoms with van der Waals surface area (Å²) >= 11 is 0. The molecule has 0 saturated heterocycles. The number of fused-ring (bicyclic) bond motifs is 6. The van der Waals surface area contributed by atoms with Crippen LogP contribution < -0.4 is 0 Å². The molecule has 5 heteroatoms. The predicted octanol–water partition coefficient (Wildman–Crippen LogP) is 10.6. The number of nitrogens with zero attached hydrogens (tertiary/aromatic N) is 5. The van der Waals surface area contributed by atoms with Gasteiger partial charge in [-0.1, -0.05) is 66.7 Å². The van der Waals surface area contributed by atoms with Gasteiger partial charge in [-0.25, -0.2) is 0 Å². The summed E-state index contributed by atoms with van der Waals surface area (Å²) in [5, 5.41) is 32.7. The lowest BCUT2D eigenvalue weighted by Crippen LogP contribution is -2.02. The smallest absolute Gasteiger partial charge is 0.101 e. The fraction of sp³-hybridized carbons (Fsp3) is 0.0444. The van der Waals surface area contributed by atoms with Crippen molar-refractivity contribution in [3.8, 4) is 51.8 Å². The monoisotopic (exact) mass is 637 g/mol. The molecule has 0 N–H and O–H groups in total. The summed E-state index contributed by atoms with van der Waals surface area (Å²) in [5.74, 6) is 0. The molecule has 1 aliphatic rings. The van der Waals surface area contributed by atoms with E-state index in [0.717, 1.165) is 84.9 Å². The van der Waals surface area contributed by atoms with Crippen molar-refractivity contribution in [2.45, 2.75) is 12.8 Å². The maximum absolute atomic E-state index is 10.3. The van der Waals surface area contributed by atoms with Gasteiger partial charge in [0, 0.05) is 27.4 Å². The first-order valence-corrected chi connectivity index (χ1v) is 16.6. The van der Waals surface area contributed by atoms with E-state index in [-0.39, 0.29) is 0 Å². The molecule has 0 unspecified atom stereocenters. The third kappa shape index (κ3) is 4.45. The number of benzene rings is 6. The maximum atomic E-state index is 10.3. The molecule has 0 amide bonds. The second-order valence-corrected chi connectivity index (χ2v) is 12.6. The highest BCUT2D eigenvalue weighted by Crippen LogP contribution is 2.39. The molecular weight excluding hydrogens is 611 g/mol. The molecule has 0 atom stereocenters. The minimum Gasteiger partial charge on any atom is -0.309 e. The van der Waals surface area contributed by atoms with Crippen molar-refractivity contribution >= 4 is 38.8 Å². The molecule has 5 nitrogen and oxygen atoms in total. The van der Waals surface area contributed by atoms with Gasteiger partial charge in [0.05, 0.1) is 56.8 Å². The Kier molecular flexibility index (Phi) is 6.70. The highest BCUT2D eigenvalue weighted by molar-refractivity contribution is 6.10. The Morgan fingerprint density at radius 1 is 0.500 bits per heavy atom. The summed E-state index contributed by atoms with van der Waals surface area (Å²) in [5.41, 5.74) is 13.4. The second kappa shape index (κ2) is 11.5. The summed E-state index contributed by atoms with van der Waals surface area (Å²) in [4.78, 5) is 0. The van der Waals surface area contributed by atoms with Crippen LogP contribution in [0, 0.1) is 34.0 Å². The quantitative estimate of drug-likeness (QED) is 0.193. The lowest BCUT2D eigenvalue weighted by molar-refractivity contribution is 0.968. The molecule has 8 aromatic rings. The number of allylic oxidation sites excluding steroid dienone is 1. The van der Waals surface area contributed by atoms with Gasteiger partial charge < -0.3 is 9.13 Å². The molecule has 1 aliphatic carbocycles. The number of nitriles is 3. The van der Waals surface area contributed by atoms with Crippen LogP contribution in [0.1, 0.15) is 34.4 Å². The van der Waals surface area contributed by atoms with Gasteiger partial charge in [-0.05, 0) is 108 Å². The van der Waals surface area contributed by atoms with Gasteiger partial charge in [0.15, 0.2) is 0 Å². The number of para-hydroxylation sites is 2. The summed E-state index contributed by atoms with van der Waals surface area (Å²) < 4.78 is 4.47. The van der Waals surface area contributed by atoms with E-state index in [1.165, 1.54) is 5.56 Å². The van der Waals surface area contributed by atoms with Crippen LogP contribution in [-0.2, 0) is 6.42 Å². The van der Waals surface area contributed by atoms with Crippen molar-refractivity contribution in [3.63, 3.8) is 0 Å². The molecule has 2 aromatic heterocycles. The zero-order chi connectivity index (χ0) is 33.8. The number of aryl methyl sites for hydroxylation is 1. The van der Waals surface area contributed by atoms with E-state index in [9.17, 15) is 15.8 Å². The van der Waals surface area contributed by atoms with Gasteiger partial charge in [0.2, 0.25) is 0 Å². The maximum Gasteiger partial charge on any atom is 0.101 e. The minimum atomic E-state index is 0.569. The number of rotatable bonds is 4. The van der Waals surface area contributed by atoms with Gasteiger partial charge >= 0.3 is 0 Å². The molecule has 0 aliphatic heterocycles. The van der Waals surface area contributed by atoms with Crippen molar-refractivity contribution in [1.82, 2.24) is 9.13 Å². The normalized spacial score (nSPS) is 12.1. The molecule has 6 aromatic carbocycles. The van der Waals surface area contributed by atoms with E-state index in [0.29, 0.717) is 16.7 Å². The molecule has 0 bridgehead atoms. The van der Waals surface area contributed by atoms with Gasteiger partial charge in [-0.15, -0.1) is 0 Å². The van der Waals surface area contributed by atoms with E-state index >= 15 is 0 Å². The zero-order valence-electron chi connectivity index (χ0n) is 26.9. The topological polar surface area (TPSA) is 81.2 Å². The second-order valence-electron chi connectivity index (χ2n) is 12.6. The van der Waals surface area contributed by atoms with Crippen LogP contribution in [0.4, 0.5) is 0 Å². The first-order valence-electron chi connectivity index (χ1n) is 16.6. The Morgan fingerprint density at radius 2 is 1.20 bits per heavy atom.